The number of aryl methyl sites for hydroxylation is 1. The highest BCUT2D eigenvalue weighted by atomic mass is 15.3. The van der Waals surface area contributed by atoms with Crippen molar-refractivity contribution in [3.63, 3.8) is 0 Å². The number of nitrogens with zero attached hydrogens (tertiary/aromatic N) is 2. The zero-order valence-electron chi connectivity index (χ0n) is 9.14. The lowest BCUT2D eigenvalue weighted by molar-refractivity contribution is 0.886. The van der Waals surface area contributed by atoms with E-state index in [0.717, 1.165) is 23.5 Å². The van der Waals surface area contributed by atoms with Crippen LogP contribution >= 0.6 is 0 Å². The Balaban J connectivity index is 2.24. The summed E-state index contributed by atoms with van der Waals surface area (Å²) in [4.78, 5) is 0. The summed E-state index contributed by atoms with van der Waals surface area (Å²) in [5, 5.41) is 8.94. The molecule has 0 amide bonds. The molecule has 0 saturated heterocycles. The van der Waals surface area contributed by atoms with Crippen LogP contribution in [-0.2, 0) is 0 Å². The quantitative estimate of drug-likeness (QED) is 0.784. The van der Waals surface area contributed by atoms with Crippen LogP contribution in [0, 0.1) is 6.92 Å². The fourth-order valence-electron chi connectivity index (χ4n) is 2.02. The van der Waals surface area contributed by atoms with Crippen molar-refractivity contribution in [3.05, 3.63) is 48.3 Å². The van der Waals surface area contributed by atoms with Crippen molar-refractivity contribution in [1.29, 1.82) is 0 Å². The minimum Gasteiger partial charge on any atom is -0.387 e. The molecule has 2 heterocycles. The molecular weight excluding hydrogens is 198 g/mol. The van der Waals surface area contributed by atoms with Gasteiger partial charge in [0.05, 0.1) is 16.9 Å². The molecule has 3 heteroatoms. The van der Waals surface area contributed by atoms with Crippen molar-refractivity contribution in [1.82, 2.24) is 15.1 Å². The first kappa shape index (κ1) is 9.21. The molecule has 16 heavy (non-hydrogen) atoms. The van der Waals surface area contributed by atoms with Gasteiger partial charge in [0.25, 0.3) is 0 Å². The van der Waals surface area contributed by atoms with Crippen LogP contribution < -0.4 is 5.32 Å². The summed E-state index contributed by atoms with van der Waals surface area (Å²) < 4.78 is 2.00. The van der Waals surface area contributed by atoms with Crippen LogP contribution in [0.2, 0.25) is 0 Å². The summed E-state index contributed by atoms with van der Waals surface area (Å²) in [6, 6.07) is 8.31. The number of fused-ring (bicyclic) bond motifs is 1. The lowest BCUT2D eigenvalue weighted by Crippen LogP contribution is -2.11. The number of dihydropyridines is 1. The van der Waals surface area contributed by atoms with Crippen LogP contribution in [0.5, 0.6) is 0 Å². The Kier molecular flexibility index (Phi) is 2.03. The first-order chi connectivity index (χ1) is 7.86. The maximum Gasteiger partial charge on any atom is 0.0743 e. The number of rotatable bonds is 1. The van der Waals surface area contributed by atoms with Gasteiger partial charge in [-0.15, -0.1) is 0 Å². The van der Waals surface area contributed by atoms with Crippen LogP contribution in [0.15, 0.2) is 42.6 Å². The summed E-state index contributed by atoms with van der Waals surface area (Å²) in [6.45, 7) is 2.91. The molecule has 1 aromatic heterocycles. The van der Waals surface area contributed by atoms with E-state index in [1.165, 1.54) is 5.39 Å². The second kappa shape index (κ2) is 3.52. The number of benzene rings is 1. The van der Waals surface area contributed by atoms with Gasteiger partial charge in [-0.1, -0.05) is 18.2 Å². The molecule has 0 spiro atoms. The fraction of sp³-hybridized carbons (Fsp3) is 0.154. The highest BCUT2D eigenvalue weighted by molar-refractivity contribution is 5.85. The lowest BCUT2D eigenvalue weighted by Gasteiger charge is -2.09. The topological polar surface area (TPSA) is 29.9 Å². The molecule has 0 fully saturated rings. The third-order valence-electron chi connectivity index (χ3n) is 2.82. The Hall–Kier alpha value is -2.03. The Labute approximate surface area is 94.1 Å². The number of hydrogen-bond donors (Lipinski definition) is 1. The Morgan fingerprint density at radius 2 is 2.19 bits per heavy atom. The third-order valence-corrected chi connectivity index (χ3v) is 2.82. The molecule has 0 atom stereocenters. The van der Waals surface area contributed by atoms with E-state index in [4.69, 9.17) is 0 Å². The highest BCUT2D eigenvalue weighted by Crippen LogP contribution is 2.21. The molecule has 0 radical (unpaired) electrons. The molecule has 1 aliphatic rings. The predicted molar refractivity (Wildman–Crippen MR) is 65.9 cm³/mol. The minimum atomic E-state index is 0.860. The van der Waals surface area contributed by atoms with Crippen LogP contribution in [-0.4, -0.2) is 16.3 Å². The van der Waals surface area contributed by atoms with E-state index >= 15 is 0 Å². The van der Waals surface area contributed by atoms with E-state index in [1.54, 1.807) is 0 Å². The summed E-state index contributed by atoms with van der Waals surface area (Å²) in [6.07, 6.45) is 6.14. The van der Waals surface area contributed by atoms with Gasteiger partial charge in [-0.2, -0.15) is 5.10 Å². The van der Waals surface area contributed by atoms with E-state index in [-0.39, 0.29) is 0 Å². The van der Waals surface area contributed by atoms with E-state index in [2.05, 4.69) is 28.6 Å². The zero-order chi connectivity index (χ0) is 11.0. The number of para-hydroxylation sites is 1. The first-order valence-corrected chi connectivity index (χ1v) is 5.41. The molecule has 3 nitrogen and oxygen atoms in total. The largest absolute Gasteiger partial charge is 0.387 e. The molecule has 2 aromatic rings. The second-order valence-corrected chi connectivity index (χ2v) is 3.88. The summed E-state index contributed by atoms with van der Waals surface area (Å²) in [5.74, 6) is 0. The van der Waals surface area contributed by atoms with Gasteiger partial charge in [-0.05, 0) is 31.3 Å². The molecular formula is C13H13N3. The first-order valence-electron chi connectivity index (χ1n) is 5.41. The van der Waals surface area contributed by atoms with Crippen molar-refractivity contribution in [3.8, 4) is 0 Å². The summed E-state index contributed by atoms with van der Waals surface area (Å²) >= 11 is 0. The Morgan fingerprint density at radius 1 is 1.31 bits per heavy atom. The lowest BCUT2D eigenvalue weighted by atomic mass is 10.2. The van der Waals surface area contributed by atoms with Crippen molar-refractivity contribution < 1.29 is 0 Å². The minimum absolute atomic E-state index is 0.860. The maximum atomic E-state index is 4.58. The molecule has 80 valence electrons. The van der Waals surface area contributed by atoms with Crippen LogP contribution in [0.1, 0.15) is 5.69 Å². The molecule has 3 rings (SSSR count). The van der Waals surface area contributed by atoms with Gasteiger partial charge in [0.2, 0.25) is 0 Å². The number of allylic oxidation sites excluding steroid dienone is 2. The average molecular weight is 211 g/mol. The molecule has 1 aromatic carbocycles. The monoisotopic (exact) mass is 211 g/mol. The van der Waals surface area contributed by atoms with Crippen LogP contribution in [0.4, 0.5) is 0 Å². The summed E-state index contributed by atoms with van der Waals surface area (Å²) in [7, 11) is 0. The fourth-order valence-corrected chi connectivity index (χ4v) is 2.02. The standard InChI is InChI=1S/C13H13N3/c1-10-12-4-2-3-5-13(12)16(15-10)11-6-8-14-9-7-11/h2-8,14H,9H2,1H3. The average Bonchev–Trinajstić information content (AvgIpc) is 2.69. The van der Waals surface area contributed by atoms with Gasteiger partial charge in [0.1, 0.15) is 0 Å². The molecule has 1 aliphatic heterocycles. The predicted octanol–water partition coefficient (Wildman–Crippen LogP) is 2.30. The molecule has 1 N–H and O–H groups in total. The molecule has 0 bridgehead atoms. The number of aromatic nitrogens is 2. The van der Waals surface area contributed by atoms with E-state index in [9.17, 15) is 0 Å². The number of hydrogen-bond acceptors (Lipinski definition) is 2. The normalized spacial score (nSPS) is 14.9. The zero-order valence-corrected chi connectivity index (χ0v) is 9.14. The van der Waals surface area contributed by atoms with Crippen molar-refractivity contribution in [2.45, 2.75) is 6.92 Å². The van der Waals surface area contributed by atoms with Gasteiger partial charge in [-0.3, -0.25) is 0 Å². The maximum absolute atomic E-state index is 4.58. The Bertz CT molecular complexity index is 590. The second-order valence-electron chi connectivity index (χ2n) is 3.88. The van der Waals surface area contributed by atoms with Crippen molar-refractivity contribution in [2.75, 3.05) is 6.54 Å². The number of nitrogens with one attached hydrogen (secondary N) is 1. The third kappa shape index (κ3) is 1.33. The Morgan fingerprint density at radius 3 is 3.00 bits per heavy atom. The van der Waals surface area contributed by atoms with Gasteiger partial charge in [0, 0.05) is 11.9 Å². The highest BCUT2D eigenvalue weighted by Gasteiger charge is 2.09. The molecule has 0 saturated carbocycles. The molecule has 0 aliphatic carbocycles. The summed E-state index contributed by atoms with van der Waals surface area (Å²) in [5.41, 5.74) is 3.37. The molecule has 0 unspecified atom stereocenters. The van der Waals surface area contributed by atoms with E-state index < -0.39 is 0 Å². The van der Waals surface area contributed by atoms with Crippen LogP contribution in [0.25, 0.3) is 16.6 Å². The SMILES string of the molecule is Cc1nn(C2=CCNC=C2)c2ccccc12. The van der Waals surface area contributed by atoms with Crippen molar-refractivity contribution in [2.24, 2.45) is 0 Å². The van der Waals surface area contributed by atoms with Crippen molar-refractivity contribution >= 4 is 16.6 Å². The van der Waals surface area contributed by atoms with E-state index in [1.807, 2.05) is 36.0 Å². The van der Waals surface area contributed by atoms with Gasteiger partial charge in [-0.25, -0.2) is 4.68 Å². The van der Waals surface area contributed by atoms with Gasteiger partial charge in [0.15, 0.2) is 0 Å². The van der Waals surface area contributed by atoms with Gasteiger partial charge < -0.3 is 5.32 Å². The van der Waals surface area contributed by atoms with Gasteiger partial charge >= 0.3 is 0 Å². The smallest absolute Gasteiger partial charge is 0.0743 e. The van der Waals surface area contributed by atoms with E-state index in [0.29, 0.717) is 0 Å². The van der Waals surface area contributed by atoms with Crippen LogP contribution in [0.3, 0.4) is 0 Å².